The molecule has 0 aliphatic heterocycles. The number of rotatable bonds is 4. The molecule has 1 atom stereocenters. The molecular weight excluding hydrogens is 250 g/mol. The van der Waals surface area contributed by atoms with Crippen LogP contribution in [0.4, 0.5) is 0 Å². The number of aryl methyl sites for hydroxylation is 1. The van der Waals surface area contributed by atoms with Crippen LogP contribution in [0.1, 0.15) is 29.9 Å². The summed E-state index contributed by atoms with van der Waals surface area (Å²) in [7, 11) is 0. The van der Waals surface area contributed by atoms with Gasteiger partial charge in [0.15, 0.2) is 0 Å². The Labute approximate surface area is 117 Å². The van der Waals surface area contributed by atoms with E-state index in [4.69, 9.17) is 10.2 Å². The van der Waals surface area contributed by atoms with E-state index in [1.165, 1.54) is 0 Å². The number of nitrogens with two attached hydrogens (primary N) is 1. The van der Waals surface area contributed by atoms with Crippen LogP contribution in [0.3, 0.4) is 0 Å². The summed E-state index contributed by atoms with van der Waals surface area (Å²) in [6.07, 6.45) is 6.30. The van der Waals surface area contributed by atoms with E-state index in [2.05, 4.69) is 12.0 Å². The normalized spacial score (nSPS) is 12.5. The molecule has 0 aliphatic rings. The van der Waals surface area contributed by atoms with E-state index >= 15 is 0 Å². The molecule has 102 valence electrons. The Balaban J connectivity index is 1.91. The highest BCUT2D eigenvalue weighted by molar-refractivity contribution is 5.35. The molecule has 2 heterocycles. The van der Waals surface area contributed by atoms with Crippen LogP contribution in [0.25, 0.3) is 5.69 Å². The van der Waals surface area contributed by atoms with Crippen molar-refractivity contribution in [2.24, 2.45) is 5.73 Å². The average molecular weight is 267 g/mol. The topological polar surface area (TPSA) is 57.0 Å². The molecule has 2 N–H and O–H groups in total. The molecule has 0 fully saturated rings. The first-order chi connectivity index (χ1) is 9.79. The van der Waals surface area contributed by atoms with E-state index in [-0.39, 0.29) is 6.04 Å². The summed E-state index contributed by atoms with van der Waals surface area (Å²) >= 11 is 0. The van der Waals surface area contributed by atoms with E-state index in [1.807, 2.05) is 53.5 Å². The second kappa shape index (κ2) is 5.35. The van der Waals surface area contributed by atoms with Crippen molar-refractivity contribution in [3.63, 3.8) is 0 Å². The molecule has 0 saturated carbocycles. The molecule has 0 radical (unpaired) electrons. The van der Waals surface area contributed by atoms with Crippen LogP contribution in [0.15, 0.2) is 59.5 Å². The van der Waals surface area contributed by atoms with Crippen molar-refractivity contribution in [3.8, 4) is 5.69 Å². The number of benzene rings is 1. The summed E-state index contributed by atoms with van der Waals surface area (Å²) in [5.41, 5.74) is 9.34. The maximum Gasteiger partial charge on any atom is 0.108 e. The Hall–Kier alpha value is -2.33. The van der Waals surface area contributed by atoms with Crippen molar-refractivity contribution in [2.75, 3.05) is 0 Å². The largest absolute Gasteiger partial charge is 0.469 e. The van der Waals surface area contributed by atoms with Gasteiger partial charge in [-0.05, 0) is 18.2 Å². The summed E-state index contributed by atoms with van der Waals surface area (Å²) in [5.74, 6) is 0.935. The summed E-state index contributed by atoms with van der Waals surface area (Å²) in [5, 5.41) is 4.38. The van der Waals surface area contributed by atoms with E-state index in [9.17, 15) is 0 Å². The molecular formula is C16H17N3O. The maximum absolute atomic E-state index is 6.32. The lowest BCUT2D eigenvalue weighted by molar-refractivity contribution is 0.509. The summed E-state index contributed by atoms with van der Waals surface area (Å²) in [6.45, 7) is 2.06. The number of para-hydroxylation sites is 1. The monoisotopic (exact) mass is 267 g/mol. The molecule has 1 aromatic carbocycles. The van der Waals surface area contributed by atoms with Gasteiger partial charge in [0.25, 0.3) is 0 Å². The molecule has 0 aliphatic carbocycles. The minimum atomic E-state index is -0.207. The van der Waals surface area contributed by atoms with Gasteiger partial charge in [0.1, 0.15) is 5.76 Å². The van der Waals surface area contributed by atoms with E-state index in [0.717, 1.165) is 29.0 Å². The van der Waals surface area contributed by atoms with Gasteiger partial charge in [-0.15, -0.1) is 0 Å². The third-order valence-corrected chi connectivity index (χ3v) is 3.42. The first-order valence-electron chi connectivity index (χ1n) is 6.71. The molecule has 3 aromatic rings. The van der Waals surface area contributed by atoms with E-state index in [1.54, 1.807) is 6.26 Å². The van der Waals surface area contributed by atoms with E-state index in [0.29, 0.717) is 0 Å². The number of nitrogens with zero attached hydrogens (tertiary/aromatic N) is 2. The van der Waals surface area contributed by atoms with Gasteiger partial charge in [-0.3, -0.25) is 0 Å². The van der Waals surface area contributed by atoms with Crippen LogP contribution in [-0.2, 0) is 6.42 Å². The quantitative estimate of drug-likeness (QED) is 0.790. The minimum Gasteiger partial charge on any atom is -0.469 e. The predicted octanol–water partition coefficient (Wildman–Crippen LogP) is 3.08. The second-order valence-corrected chi connectivity index (χ2v) is 4.68. The highest BCUT2D eigenvalue weighted by atomic mass is 16.3. The summed E-state index contributed by atoms with van der Waals surface area (Å²) in [6, 6.07) is 11.7. The van der Waals surface area contributed by atoms with Gasteiger partial charge in [0.2, 0.25) is 0 Å². The zero-order valence-electron chi connectivity index (χ0n) is 11.4. The summed E-state index contributed by atoms with van der Waals surface area (Å²) < 4.78 is 7.27. The average Bonchev–Trinajstić information content (AvgIpc) is 3.16. The lowest BCUT2D eigenvalue weighted by Crippen LogP contribution is -2.12. The van der Waals surface area contributed by atoms with Crippen LogP contribution in [0.5, 0.6) is 0 Å². The minimum absolute atomic E-state index is 0.207. The Morgan fingerprint density at radius 1 is 1.25 bits per heavy atom. The smallest absolute Gasteiger partial charge is 0.108 e. The van der Waals surface area contributed by atoms with Gasteiger partial charge in [0.05, 0.1) is 24.2 Å². The highest BCUT2D eigenvalue weighted by Crippen LogP contribution is 2.24. The Morgan fingerprint density at radius 3 is 2.80 bits per heavy atom. The number of hydrogen-bond donors (Lipinski definition) is 1. The summed E-state index contributed by atoms with van der Waals surface area (Å²) in [4.78, 5) is 0. The Bertz CT molecular complexity index is 685. The van der Waals surface area contributed by atoms with Gasteiger partial charge in [-0.25, -0.2) is 4.68 Å². The van der Waals surface area contributed by atoms with Crippen LogP contribution in [-0.4, -0.2) is 9.78 Å². The van der Waals surface area contributed by atoms with Crippen molar-refractivity contribution in [1.82, 2.24) is 9.78 Å². The molecule has 20 heavy (non-hydrogen) atoms. The SMILES string of the molecule is CCc1occc1C(N)c1cnn(-c2ccccc2)c1. The van der Waals surface area contributed by atoms with Crippen molar-refractivity contribution in [2.45, 2.75) is 19.4 Å². The van der Waals surface area contributed by atoms with Crippen LogP contribution < -0.4 is 5.73 Å². The van der Waals surface area contributed by atoms with Gasteiger partial charge in [-0.1, -0.05) is 25.1 Å². The lowest BCUT2D eigenvalue weighted by atomic mass is 10.0. The zero-order chi connectivity index (χ0) is 13.9. The third kappa shape index (κ3) is 2.26. The highest BCUT2D eigenvalue weighted by Gasteiger charge is 2.16. The van der Waals surface area contributed by atoms with E-state index < -0.39 is 0 Å². The molecule has 0 spiro atoms. The van der Waals surface area contributed by atoms with Crippen LogP contribution >= 0.6 is 0 Å². The molecule has 0 saturated heterocycles. The number of furan rings is 1. The first kappa shape index (κ1) is 12.7. The van der Waals surface area contributed by atoms with Crippen LogP contribution in [0, 0.1) is 0 Å². The predicted molar refractivity (Wildman–Crippen MR) is 77.7 cm³/mol. The van der Waals surface area contributed by atoms with Gasteiger partial charge in [0, 0.05) is 23.7 Å². The van der Waals surface area contributed by atoms with Gasteiger partial charge >= 0.3 is 0 Å². The molecule has 0 amide bonds. The van der Waals surface area contributed by atoms with Gasteiger partial charge < -0.3 is 10.2 Å². The second-order valence-electron chi connectivity index (χ2n) is 4.68. The zero-order valence-corrected chi connectivity index (χ0v) is 11.4. The number of aromatic nitrogens is 2. The number of hydrogen-bond acceptors (Lipinski definition) is 3. The fourth-order valence-electron chi connectivity index (χ4n) is 2.31. The Morgan fingerprint density at radius 2 is 2.05 bits per heavy atom. The third-order valence-electron chi connectivity index (χ3n) is 3.42. The van der Waals surface area contributed by atoms with Crippen molar-refractivity contribution in [3.05, 3.63) is 71.9 Å². The van der Waals surface area contributed by atoms with Crippen molar-refractivity contribution >= 4 is 0 Å². The molecule has 4 heteroatoms. The molecule has 1 unspecified atom stereocenters. The fraction of sp³-hybridized carbons (Fsp3) is 0.188. The van der Waals surface area contributed by atoms with Crippen molar-refractivity contribution in [1.29, 1.82) is 0 Å². The molecule has 0 bridgehead atoms. The standard InChI is InChI=1S/C16H17N3O/c1-2-15-14(8-9-20-15)16(17)12-10-18-19(11-12)13-6-4-3-5-7-13/h3-11,16H,2,17H2,1H3. The van der Waals surface area contributed by atoms with Crippen molar-refractivity contribution < 1.29 is 4.42 Å². The maximum atomic E-state index is 6.32. The molecule has 3 rings (SSSR count). The Kier molecular flexibility index (Phi) is 3.39. The fourth-order valence-corrected chi connectivity index (χ4v) is 2.31. The molecule has 4 nitrogen and oxygen atoms in total. The molecule has 2 aromatic heterocycles. The van der Waals surface area contributed by atoms with Gasteiger partial charge in [-0.2, -0.15) is 5.10 Å². The first-order valence-corrected chi connectivity index (χ1v) is 6.71. The lowest BCUT2D eigenvalue weighted by Gasteiger charge is -2.08. The van der Waals surface area contributed by atoms with Crippen LogP contribution in [0.2, 0.25) is 0 Å².